The molecule has 2 aromatic carbocycles. The number of rotatable bonds is 4. The molecule has 0 aliphatic rings. The third-order valence-corrected chi connectivity index (χ3v) is 3.39. The second-order valence-electron chi connectivity index (χ2n) is 5.17. The second-order valence-corrected chi connectivity index (χ2v) is 5.17. The maximum Gasteiger partial charge on any atom is 0.151 e. The molecule has 1 heteroatoms. The van der Waals surface area contributed by atoms with Crippen molar-refractivity contribution in [2.45, 2.75) is 25.4 Å². The highest BCUT2D eigenvalue weighted by molar-refractivity contribution is 5.40. The van der Waals surface area contributed by atoms with Gasteiger partial charge in [0.15, 0.2) is 5.60 Å². The molecule has 0 saturated heterocycles. The number of aryl methyl sites for hydroxylation is 1. The van der Waals surface area contributed by atoms with Crippen molar-refractivity contribution in [1.82, 2.24) is 0 Å². The van der Waals surface area contributed by atoms with Gasteiger partial charge in [-0.15, -0.1) is 6.58 Å². The fourth-order valence-corrected chi connectivity index (χ4v) is 2.19. The predicted molar refractivity (Wildman–Crippen MR) is 87.8 cm³/mol. The molecule has 0 saturated carbocycles. The van der Waals surface area contributed by atoms with Gasteiger partial charge in [-0.1, -0.05) is 65.9 Å². The van der Waals surface area contributed by atoms with E-state index in [4.69, 9.17) is 0 Å². The number of benzene rings is 2. The van der Waals surface area contributed by atoms with Crippen LogP contribution in [0, 0.1) is 18.8 Å². The van der Waals surface area contributed by atoms with Crippen molar-refractivity contribution in [2.24, 2.45) is 0 Å². The van der Waals surface area contributed by atoms with Gasteiger partial charge in [0.05, 0.1) is 0 Å². The van der Waals surface area contributed by atoms with Gasteiger partial charge in [-0.05, 0) is 37.5 Å². The zero-order valence-electron chi connectivity index (χ0n) is 12.3. The Morgan fingerprint density at radius 1 is 1.14 bits per heavy atom. The van der Waals surface area contributed by atoms with Gasteiger partial charge in [0.25, 0.3) is 0 Å². The molecule has 1 unspecified atom stereocenters. The summed E-state index contributed by atoms with van der Waals surface area (Å²) in [5.74, 6) is 6.13. The van der Waals surface area contributed by atoms with Crippen LogP contribution in [0.5, 0.6) is 0 Å². The summed E-state index contributed by atoms with van der Waals surface area (Å²) in [7, 11) is 0. The molecule has 0 aliphatic carbocycles. The van der Waals surface area contributed by atoms with Gasteiger partial charge in [-0.25, -0.2) is 0 Å². The molecule has 21 heavy (non-hydrogen) atoms. The minimum atomic E-state index is -1.14. The molecule has 1 nitrogen and oxygen atoms in total. The third kappa shape index (κ3) is 4.08. The molecule has 1 N–H and O–H groups in total. The monoisotopic (exact) mass is 276 g/mol. The molecule has 2 aromatic rings. The molecule has 0 aromatic heterocycles. The Hall–Kier alpha value is -2.30. The first-order chi connectivity index (χ1) is 10.1. The maximum atomic E-state index is 11.0. The number of hydrogen-bond acceptors (Lipinski definition) is 1. The summed E-state index contributed by atoms with van der Waals surface area (Å²) in [5, 5.41) is 11.0. The van der Waals surface area contributed by atoms with Crippen LogP contribution in [0.15, 0.2) is 67.3 Å². The van der Waals surface area contributed by atoms with Crippen LogP contribution < -0.4 is 0 Å². The molecular weight excluding hydrogens is 256 g/mol. The van der Waals surface area contributed by atoms with E-state index in [-0.39, 0.29) is 0 Å². The fourth-order valence-electron chi connectivity index (χ4n) is 2.19. The Kier molecular flexibility index (Phi) is 4.98. The van der Waals surface area contributed by atoms with Gasteiger partial charge < -0.3 is 5.11 Å². The van der Waals surface area contributed by atoms with Gasteiger partial charge in [0.1, 0.15) is 0 Å². The van der Waals surface area contributed by atoms with Gasteiger partial charge in [0, 0.05) is 5.56 Å². The van der Waals surface area contributed by atoms with Crippen LogP contribution in [-0.2, 0) is 5.60 Å². The summed E-state index contributed by atoms with van der Waals surface area (Å²) in [6, 6.07) is 17.6. The maximum absolute atomic E-state index is 11.0. The van der Waals surface area contributed by atoms with E-state index in [9.17, 15) is 5.11 Å². The van der Waals surface area contributed by atoms with E-state index in [1.165, 1.54) is 0 Å². The van der Waals surface area contributed by atoms with Crippen molar-refractivity contribution in [3.63, 3.8) is 0 Å². The summed E-state index contributed by atoms with van der Waals surface area (Å²) < 4.78 is 0. The Bertz CT molecular complexity index is 661. The van der Waals surface area contributed by atoms with Crippen molar-refractivity contribution < 1.29 is 5.11 Å². The van der Waals surface area contributed by atoms with E-state index in [1.54, 1.807) is 0 Å². The molecule has 0 spiro atoms. The molecule has 2 rings (SSSR count). The first-order valence-electron chi connectivity index (χ1n) is 7.13. The topological polar surface area (TPSA) is 20.2 Å². The van der Waals surface area contributed by atoms with E-state index in [0.29, 0.717) is 12.8 Å². The molecular formula is C20H20O. The van der Waals surface area contributed by atoms with E-state index >= 15 is 0 Å². The summed E-state index contributed by atoms with van der Waals surface area (Å²) in [4.78, 5) is 0. The summed E-state index contributed by atoms with van der Waals surface area (Å²) >= 11 is 0. The van der Waals surface area contributed by atoms with Crippen molar-refractivity contribution in [2.75, 3.05) is 0 Å². The molecule has 0 heterocycles. The normalized spacial score (nSPS) is 12.9. The number of hydrogen-bond donors (Lipinski definition) is 1. The summed E-state index contributed by atoms with van der Waals surface area (Å²) in [5.41, 5.74) is 1.72. The van der Waals surface area contributed by atoms with E-state index in [2.05, 4.69) is 18.4 Å². The summed E-state index contributed by atoms with van der Waals surface area (Å²) in [6.07, 6.45) is 3.07. The molecule has 0 aliphatic heterocycles. The molecule has 0 fully saturated rings. The van der Waals surface area contributed by atoms with E-state index in [0.717, 1.165) is 16.7 Å². The Morgan fingerprint density at radius 2 is 1.90 bits per heavy atom. The van der Waals surface area contributed by atoms with E-state index < -0.39 is 5.60 Å². The quantitative estimate of drug-likeness (QED) is 0.655. The van der Waals surface area contributed by atoms with Gasteiger partial charge in [0.2, 0.25) is 0 Å². The van der Waals surface area contributed by atoms with Crippen molar-refractivity contribution in [3.8, 4) is 11.8 Å². The van der Waals surface area contributed by atoms with Crippen LogP contribution in [0.1, 0.15) is 29.5 Å². The van der Waals surface area contributed by atoms with Crippen LogP contribution in [0.2, 0.25) is 0 Å². The Balaban J connectivity index is 2.38. The Morgan fingerprint density at radius 3 is 2.57 bits per heavy atom. The molecule has 0 radical (unpaired) electrons. The SMILES string of the molecule is C=CCCC(O)(C#Cc1ccccc1)c1cccc(C)c1. The van der Waals surface area contributed by atoms with Crippen LogP contribution in [0.4, 0.5) is 0 Å². The number of allylic oxidation sites excluding steroid dienone is 1. The average Bonchev–Trinajstić information content (AvgIpc) is 2.52. The van der Waals surface area contributed by atoms with Crippen LogP contribution in [0.3, 0.4) is 0 Å². The Labute approximate surface area is 127 Å². The lowest BCUT2D eigenvalue weighted by Crippen LogP contribution is -2.23. The summed E-state index contributed by atoms with van der Waals surface area (Å²) in [6.45, 7) is 5.75. The highest BCUT2D eigenvalue weighted by Gasteiger charge is 2.26. The molecule has 1 atom stereocenters. The van der Waals surface area contributed by atoms with Gasteiger partial charge >= 0.3 is 0 Å². The zero-order chi connectivity index (χ0) is 15.1. The zero-order valence-corrected chi connectivity index (χ0v) is 12.3. The lowest BCUT2D eigenvalue weighted by Gasteiger charge is -2.22. The van der Waals surface area contributed by atoms with Crippen molar-refractivity contribution >= 4 is 0 Å². The first kappa shape index (κ1) is 15.1. The highest BCUT2D eigenvalue weighted by atomic mass is 16.3. The number of aliphatic hydroxyl groups is 1. The van der Waals surface area contributed by atoms with Crippen LogP contribution in [0.25, 0.3) is 0 Å². The fraction of sp³-hybridized carbons (Fsp3) is 0.200. The second kappa shape index (κ2) is 6.92. The average molecular weight is 276 g/mol. The predicted octanol–water partition coefficient (Wildman–Crippen LogP) is 4.20. The lowest BCUT2D eigenvalue weighted by molar-refractivity contribution is 0.0913. The molecule has 0 amide bonds. The highest BCUT2D eigenvalue weighted by Crippen LogP contribution is 2.27. The van der Waals surface area contributed by atoms with Gasteiger partial charge in [-0.2, -0.15) is 0 Å². The van der Waals surface area contributed by atoms with Crippen molar-refractivity contribution in [1.29, 1.82) is 0 Å². The minimum absolute atomic E-state index is 0.541. The first-order valence-corrected chi connectivity index (χ1v) is 7.13. The third-order valence-electron chi connectivity index (χ3n) is 3.39. The van der Waals surface area contributed by atoms with Crippen LogP contribution >= 0.6 is 0 Å². The molecule has 0 bridgehead atoms. The van der Waals surface area contributed by atoms with Crippen LogP contribution in [-0.4, -0.2) is 5.11 Å². The van der Waals surface area contributed by atoms with Crippen molar-refractivity contribution in [3.05, 3.63) is 83.9 Å². The largest absolute Gasteiger partial charge is 0.373 e. The molecule has 106 valence electrons. The minimum Gasteiger partial charge on any atom is -0.373 e. The van der Waals surface area contributed by atoms with E-state index in [1.807, 2.05) is 67.6 Å². The van der Waals surface area contributed by atoms with Gasteiger partial charge in [-0.3, -0.25) is 0 Å². The lowest BCUT2D eigenvalue weighted by atomic mass is 9.88. The standard InChI is InChI=1S/C20H20O/c1-3-4-14-20(21,19-12-8-9-17(2)16-19)15-13-18-10-6-5-7-11-18/h3,5-12,16,21H,1,4,14H2,2H3. The smallest absolute Gasteiger partial charge is 0.151 e.